The van der Waals surface area contributed by atoms with Crippen LogP contribution in [-0.4, -0.2) is 58.5 Å². The maximum absolute atomic E-state index is 12.0. The molecule has 0 aromatic rings. The molecule has 2 aliphatic heterocycles. The van der Waals surface area contributed by atoms with Gasteiger partial charge in [-0.15, -0.1) is 0 Å². The second kappa shape index (κ2) is 4.88. The van der Waals surface area contributed by atoms with Crippen molar-refractivity contribution in [2.75, 3.05) is 26.2 Å². The molecule has 0 saturated carbocycles. The molecule has 102 valence electrons. The molecule has 2 amide bonds. The number of likely N-dealkylation sites (tertiary alicyclic amines) is 2. The summed E-state index contributed by atoms with van der Waals surface area (Å²) >= 11 is 0. The lowest BCUT2D eigenvalue weighted by atomic mass is 9.95. The van der Waals surface area contributed by atoms with Crippen molar-refractivity contribution >= 4 is 11.8 Å². The molecule has 5 nitrogen and oxygen atoms in total. The van der Waals surface area contributed by atoms with Gasteiger partial charge in [0, 0.05) is 44.9 Å². The Bertz CT molecular complexity index is 354. The highest BCUT2D eigenvalue weighted by Gasteiger charge is 2.40. The first-order valence-corrected chi connectivity index (χ1v) is 6.68. The molecular formula is C13H22N2O3. The molecule has 2 heterocycles. The van der Waals surface area contributed by atoms with E-state index in [1.54, 1.807) is 16.7 Å². The van der Waals surface area contributed by atoms with Crippen molar-refractivity contribution in [2.24, 2.45) is 5.92 Å². The van der Waals surface area contributed by atoms with Gasteiger partial charge in [-0.25, -0.2) is 0 Å². The summed E-state index contributed by atoms with van der Waals surface area (Å²) < 4.78 is 0. The van der Waals surface area contributed by atoms with Gasteiger partial charge in [-0.05, 0) is 13.3 Å². The number of carbonyl (C=O) groups is 2. The fourth-order valence-electron chi connectivity index (χ4n) is 2.65. The predicted octanol–water partition coefficient (Wildman–Crippen LogP) is 0.228. The predicted molar refractivity (Wildman–Crippen MR) is 66.8 cm³/mol. The van der Waals surface area contributed by atoms with Crippen LogP contribution in [0.3, 0.4) is 0 Å². The van der Waals surface area contributed by atoms with Gasteiger partial charge in [0.25, 0.3) is 0 Å². The molecule has 0 aromatic heterocycles. The zero-order valence-corrected chi connectivity index (χ0v) is 11.2. The van der Waals surface area contributed by atoms with Crippen molar-refractivity contribution in [3.63, 3.8) is 0 Å². The van der Waals surface area contributed by atoms with Gasteiger partial charge in [-0.2, -0.15) is 0 Å². The summed E-state index contributed by atoms with van der Waals surface area (Å²) in [7, 11) is 0. The van der Waals surface area contributed by atoms with Crippen LogP contribution in [0.5, 0.6) is 0 Å². The third-order valence-corrected chi connectivity index (χ3v) is 4.19. The van der Waals surface area contributed by atoms with Gasteiger partial charge in [0.05, 0.1) is 5.60 Å². The van der Waals surface area contributed by atoms with Gasteiger partial charge in [0.15, 0.2) is 0 Å². The molecule has 2 rings (SSSR count). The zero-order chi connectivity index (χ0) is 13.3. The zero-order valence-electron chi connectivity index (χ0n) is 11.2. The van der Waals surface area contributed by atoms with E-state index in [1.165, 1.54) is 0 Å². The van der Waals surface area contributed by atoms with Gasteiger partial charge < -0.3 is 14.9 Å². The van der Waals surface area contributed by atoms with Crippen molar-refractivity contribution in [2.45, 2.75) is 38.7 Å². The Morgan fingerprint density at radius 1 is 1.56 bits per heavy atom. The number of carbonyl (C=O) groups excluding carboxylic acids is 2. The van der Waals surface area contributed by atoms with E-state index >= 15 is 0 Å². The van der Waals surface area contributed by atoms with Crippen LogP contribution in [0, 0.1) is 5.92 Å². The minimum absolute atomic E-state index is 0.0410. The van der Waals surface area contributed by atoms with Crippen LogP contribution in [0.25, 0.3) is 0 Å². The van der Waals surface area contributed by atoms with E-state index in [1.807, 2.05) is 6.92 Å². The SMILES string of the molecule is C[C@@H]1CN(C(=O)CCN2CCCC2=O)C[C@]1(C)O. The first-order valence-electron chi connectivity index (χ1n) is 6.68. The molecule has 2 saturated heterocycles. The normalized spacial score (nSPS) is 32.4. The lowest BCUT2D eigenvalue weighted by molar-refractivity contribution is -0.132. The summed E-state index contributed by atoms with van der Waals surface area (Å²) in [5.41, 5.74) is -0.779. The van der Waals surface area contributed by atoms with Crippen molar-refractivity contribution in [3.05, 3.63) is 0 Å². The number of nitrogens with zero attached hydrogens (tertiary/aromatic N) is 2. The number of amides is 2. The van der Waals surface area contributed by atoms with E-state index in [0.29, 0.717) is 32.5 Å². The molecule has 5 heteroatoms. The van der Waals surface area contributed by atoms with Crippen LogP contribution >= 0.6 is 0 Å². The fourth-order valence-corrected chi connectivity index (χ4v) is 2.65. The summed E-state index contributed by atoms with van der Waals surface area (Å²) in [4.78, 5) is 26.9. The van der Waals surface area contributed by atoms with E-state index in [4.69, 9.17) is 0 Å². The second-order valence-corrected chi connectivity index (χ2v) is 5.77. The molecule has 0 spiro atoms. The maximum atomic E-state index is 12.0. The van der Waals surface area contributed by atoms with Gasteiger partial charge >= 0.3 is 0 Å². The van der Waals surface area contributed by atoms with E-state index in [2.05, 4.69) is 0 Å². The number of aliphatic hydroxyl groups is 1. The summed E-state index contributed by atoms with van der Waals surface area (Å²) in [5.74, 6) is 0.304. The van der Waals surface area contributed by atoms with Gasteiger partial charge in [-0.3, -0.25) is 9.59 Å². The Morgan fingerprint density at radius 2 is 2.28 bits per heavy atom. The number of β-amino-alcohol motifs (C(OH)–C–C–N with tert-alkyl or cyclic N) is 1. The minimum atomic E-state index is -0.779. The highest BCUT2D eigenvalue weighted by molar-refractivity contribution is 5.80. The molecule has 0 bridgehead atoms. The largest absolute Gasteiger partial charge is 0.388 e. The lowest BCUT2D eigenvalue weighted by Crippen LogP contribution is -2.37. The first-order chi connectivity index (χ1) is 8.40. The summed E-state index contributed by atoms with van der Waals surface area (Å²) in [5, 5.41) is 10.0. The lowest BCUT2D eigenvalue weighted by Gasteiger charge is -2.21. The molecule has 18 heavy (non-hydrogen) atoms. The van der Waals surface area contributed by atoms with E-state index < -0.39 is 5.60 Å². The number of rotatable bonds is 3. The van der Waals surface area contributed by atoms with Crippen LogP contribution in [0.1, 0.15) is 33.1 Å². The average molecular weight is 254 g/mol. The molecule has 0 radical (unpaired) electrons. The fraction of sp³-hybridized carbons (Fsp3) is 0.846. The number of hydrogen-bond acceptors (Lipinski definition) is 3. The van der Waals surface area contributed by atoms with Gasteiger partial charge in [-0.1, -0.05) is 6.92 Å². The highest BCUT2D eigenvalue weighted by atomic mass is 16.3. The summed E-state index contributed by atoms with van der Waals surface area (Å²) in [6.45, 7) is 6.04. The van der Waals surface area contributed by atoms with Crippen LogP contribution in [0.2, 0.25) is 0 Å². The molecule has 2 aliphatic rings. The first kappa shape index (κ1) is 13.3. The minimum Gasteiger partial charge on any atom is -0.388 e. The van der Waals surface area contributed by atoms with Crippen molar-refractivity contribution in [1.82, 2.24) is 9.80 Å². The van der Waals surface area contributed by atoms with Crippen molar-refractivity contribution in [3.8, 4) is 0 Å². The molecule has 2 fully saturated rings. The Balaban J connectivity index is 1.81. The molecule has 1 N–H and O–H groups in total. The van der Waals surface area contributed by atoms with Crippen molar-refractivity contribution in [1.29, 1.82) is 0 Å². The third-order valence-electron chi connectivity index (χ3n) is 4.19. The van der Waals surface area contributed by atoms with Crippen LogP contribution in [0.15, 0.2) is 0 Å². The van der Waals surface area contributed by atoms with Crippen molar-refractivity contribution < 1.29 is 14.7 Å². The Kier molecular flexibility index (Phi) is 3.61. The molecular weight excluding hydrogens is 232 g/mol. The van der Waals surface area contributed by atoms with Crippen LogP contribution in [0.4, 0.5) is 0 Å². The third kappa shape index (κ3) is 2.66. The smallest absolute Gasteiger partial charge is 0.224 e. The standard InChI is InChI=1S/C13H22N2O3/c1-10-8-15(9-13(10,2)18)12(17)5-7-14-6-3-4-11(14)16/h10,18H,3-9H2,1-2H3/t10-,13+/m1/s1. The van der Waals surface area contributed by atoms with E-state index in [9.17, 15) is 14.7 Å². The summed E-state index contributed by atoms with van der Waals surface area (Å²) in [6.07, 6.45) is 1.89. The quantitative estimate of drug-likeness (QED) is 0.784. The van der Waals surface area contributed by atoms with Gasteiger partial charge in [0.1, 0.15) is 0 Å². The van der Waals surface area contributed by atoms with E-state index in [0.717, 1.165) is 13.0 Å². The molecule has 0 aromatic carbocycles. The molecule has 0 aliphatic carbocycles. The van der Waals surface area contributed by atoms with Crippen LogP contribution < -0.4 is 0 Å². The van der Waals surface area contributed by atoms with E-state index in [-0.39, 0.29) is 17.7 Å². The average Bonchev–Trinajstić information content (AvgIpc) is 2.81. The molecule has 2 atom stereocenters. The van der Waals surface area contributed by atoms with Gasteiger partial charge in [0.2, 0.25) is 11.8 Å². The Labute approximate surface area is 108 Å². The topological polar surface area (TPSA) is 60.9 Å². The number of hydrogen-bond donors (Lipinski definition) is 1. The highest BCUT2D eigenvalue weighted by Crippen LogP contribution is 2.27. The Hall–Kier alpha value is -1.10. The molecule has 0 unspecified atom stereocenters. The van der Waals surface area contributed by atoms with Crippen LogP contribution in [-0.2, 0) is 9.59 Å². The second-order valence-electron chi connectivity index (χ2n) is 5.77. The Morgan fingerprint density at radius 3 is 2.78 bits per heavy atom. The maximum Gasteiger partial charge on any atom is 0.224 e. The monoisotopic (exact) mass is 254 g/mol. The summed E-state index contributed by atoms with van der Waals surface area (Å²) in [6, 6.07) is 0.